The van der Waals surface area contributed by atoms with Gasteiger partial charge in [0.25, 0.3) is 0 Å². The third-order valence-electron chi connectivity index (χ3n) is 2.29. The van der Waals surface area contributed by atoms with Crippen molar-refractivity contribution in [3.05, 3.63) is 18.3 Å². The molecule has 0 spiro atoms. The summed E-state index contributed by atoms with van der Waals surface area (Å²) in [5.41, 5.74) is 0. The summed E-state index contributed by atoms with van der Waals surface area (Å²) in [6.45, 7) is 2.15. The van der Waals surface area contributed by atoms with Gasteiger partial charge in [-0.1, -0.05) is 6.92 Å². The van der Waals surface area contributed by atoms with Crippen molar-refractivity contribution in [1.82, 2.24) is 15.0 Å². The minimum Gasteiger partial charge on any atom is -0.372 e. The molecule has 0 aromatic carbocycles. The highest BCUT2D eigenvalue weighted by molar-refractivity contribution is 7.89. The Morgan fingerprint density at radius 1 is 1.42 bits per heavy atom. The minimum atomic E-state index is -3.76. The maximum Gasteiger partial charge on any atom is 0.244 e. The van der Waals surface area contributed by atoms with E-state index in [-0.39, 0.29) is 23.2 Å². The average Bonchev–Trinajstić information content (AvgIpc) is 2.43. The second-order valence-electron chi connectivity index (χ2n) is 3.77. The fourth-order valence-electron chi connectivity index (χ4n) is 1.36. The summed E-state index contributed by atoms with van der Waals surface area (Å²) in [6, 6.07) is 2.94. The zero-order valence-electron chi connectivity index (χ0n) is 10.9. The van der Waals surface area contributed by atoms with Gasteiger partial charge in [-0.15, -0.1) is 0 Å². The van der Waals surface area contributed by atoms with Gasteiger partial charge < -0.3 is 10.6 Å². The lowest BCUT2D eigenvalue weighted by atomic mass is 10.4. The lowest BCUT2D eigenvalue weighted by Crippen LogP contribution is -2.37. The van der Waals surface area contributed by atoms with E-state index in [1.54, 1.807) is 7.05 Å². The van der Waals surface area contributed by atoms with Gasteiger partial charge in [-0.3, -0.25) is 4.79 Å². The largest absolute Gasteiger partial charge is 0.372 e. The molecule has 8 heteroatoms. The van der Waals surface area contributed by atoms with Gasteiger partial charge in [-0.05, 0) is 18.6 Å². The predicted molar refractivity (Wildman–Crippen MR) is 72.3 cm³/mol. The summed E-state index contributed by atoms with van der Waals surface area (Å²) in [5, 5.41) is 5.28. The van der Waals surface area contributed by atoms with E-state index in [1.165, 1.54) is 18.3 Å². The molecule has 106 valence electrons. The van der Waals surface area contributed by atoms with Crippen LogP contribution in [0.5, 0.6) is 0 Å². The fraction of sp³-hybridized carbons (Fsp3) is 0.455. The van der Waals surface area contributed by atoms with Crippen LogP contribution in [0.2, 0.25) is 0 Å². The number of amides is 1. The van der Waals surface area contributed by atoms with Crippen LogP contribution in [0, 0.1) is 0 Å². The first-order valence-corrected chi connectivity index (χ1v) is 7.38. The molecule has 1 aromatic rings. The monoisotopic (exact) mass is 286 g/mol. The minimum absolute atomic E-state index is 0.0146. The number of carbonyl (C=O) groups excluding carboxylic acids is 1. The van der Waals surface area contributed by atoms with E-state index in [0.29, 0.717) is 6.54 Å². The van der Waals surface area contributed by atoms with Gasteiger partial charge in [0.15, 0.2) is 0 Å². The van der Waals surface area contributed by atoms with Crippen LogP contribution in [0.15, 0.2) is 23.2 Å². The molecule has 1 rings (SSSR count). The quantitative estimate of drug-likeness (QED) is 0.651. The first-order valence-electron chi connectivity index (χ1n) is 5.90. The molecule has 0 aliphatic rings. The Morgan fingerprint density at radius 3 is 2.79 bits per heavy atom. The Labute approximate surface area is 112 Å². The topological polar surface area (TPSA) is 100 Å². The standard InChI is InChI=1S/C11H18N4O3S/c1-3-6-13-10(16)8-15-19(17,18)9-5-4-7-14-11(9)12-2/h4-5,7,15H,3,6,8H2,1-2H3,(H,12,14)(H,13,16). The number of hydrogen-bond acceptors (Lipinski definition) is 5. The van der Waals surface area contributed by atoms with Crippen molar-refractivity contribution < 1.29 is 13.2 Å². The fourth-order valence-corrected chi connectivity index (χ4v) is 2.50. The summed E-state index contributed by atoms with van der Waals surface area (Å²) in [4.78, 5) is 15.3. The van der Waals surface area contributed by atoms with Crippen molar-refractivity contribution >= 4 is 21.7 Å². The van der Waals surface area contributed by atoms with Crippen molar-refractivity contribution in [3.63, 3.8) is 0 Å². The third kappa shape index (κ3) is 4.49. The second kappa shape index (κ2) is 7.05. The van der Waals surface area contributed by atoms with E-state index >= 15 is 0 Å². The number of pyridine rings is 1. The van der Waals surface area contributed by atoms with Crippen LogP contribution >= 0.6 is 0 Å². The number of nitrogens with one attached hydrogen (secondary N) is 3. The molecular formula is C11H18N4O3S. The zero-order chi connectivity index (χ0) is 14.3. The normalized spacial score (nSPS) is 11.1. The summed E-state index contributed by atoms with van der Waals surface area (Å²) >= 11 is 0. The highest BCUT2D eigenvalue weighted by Gasteiger charge is 2.19. The number of carbonyl (C=O) groups is 1. The van der Waals surface area contributed by atoms with E-state index in [1.807, 2.05) is 6.92 Å². The van der Waals surface area contributed by atoms with Crippen LogP contribution in [0.4, 0.5) is 5.82 Å². The van der Waals surface area contributed by atoms with Gasteiger partial charge >= 0.3 is 0 Å². The molecule has 0 aliphatic carbocycles. The SMILES string of the molecule is CCCNC(=O)CNS(=O)(=O)c1cccnc1NC. The average molecular weight is 286 g/mol. The highest BCUT2D eigenvalue weighted by Crippen LogP contribution is 2.16. The number of nitrogens with zero attached hydrogens (tertiary/aromatic N) is 1. The van der Waals surface area contributed by atoms with E-state index in [9.17, 15) is 13.2 Å². The van der Waals surface area contributed by atoms with Crippen LogP contribution in [0.3, 0.4) is 0 Å². The molecule has 0 saturated heterocycles. The smallest absolute Gasteiger partial charge is 0.244 e. The van der Waals surface area contributed by atoms with E-state index in [4.69, 9.17) is 0 Å². The van der Waals surface area contributed by atoms with Crippen molar-refractivity contribution in [1.29, 1.82) is 0 Å². The van der Waals surface area contributed by atoms with Gasteiger partial charge in [-0.25, -0.2) is 18.1 Å². The Morgan fingerprint density at radius 2 is 2.16 bits per heavy atom. The summed E-state index contributed by atoms with van der Waals surface area (Å²) in [5.74, 6) is -0.121. The molecule has 1 heterocycles. The first-order chi connectivity index (χ1) is 9.01. The van der Waals surface area contributed by atoms with Gasteiger partial charge in [0.2, 0.25) is 15.9 Å². The molecule has 7 nitrogen and oxygen atoms in total. The Hall–Kier alpha value is -1.67. The molecule has 0 saturated carbocycles. The highest BCUT2D eigenvalue weighted by atomic mass is 32.2. The van der Waals surface area contributed by atoms with Crippen molar-refractivity contribution in [2.75, 3.05) is 25.5 Å². The number of anilines is 1. The van der Waals surface area contributed by atoms with Crippen LogP contribution in [-0.4, -0.2) is 39.4 Å². The molecule has 0 aliphatic heterocycles. The maximum atomic E-state index is 12.0. The summed E-state index contributed by atoms with van der Waals surface area (Å²) < 4.78 is 26.3. The van der Waals surface area contributed by atoms with Crippen molar-refractivity contribution in [2.45, 2.75) is 18.2 Å². The number of hydrogen-bond donors (Lipinski definition) is 3. The Bertz CT molecular complexity index is 530. The lowest BCUT2D eigenvalue weighted by molar-refractivity contribution is -0.119. The molecule has 0 unspecified atom stereocenters. The van der Waals surface area contributed by atoms with Gasteiger partial charge in [0, 0.05) is 19.8 Å². The van der Waals surface area contributed by atoms with Gasteiger partial charge in [0.1, 0.15) is 10.7 Å². The molecule has 0 radical (unpaired) electrons. The molecular weight excluding hydrogens is 268 g/mol. The van der Waals surface area contributed by atoms with Gasteiger partial charge in [-0.2, -0.15) is 0 Å². The number of sulfonamides is 1. The van der Waals surface area contributed by atoms with E-state index in [2.05, 4.69) is 20.3 Å². The molecule has 0 fully saturated rings. The van der Waals surface area contributed by atoms with E-state index in [0.717, 1.165) is 6.42 Å². The third-order valence-corrected chi connectivity index (χ3v) is 3.72. The Balaban J connectivity index is 2.73. The first kappa shape index (κ1) is 15.4. The van der Waals surface area contributed by atoms with Crippen LogP contribution in [0.25, 0.3) is 0 Å². The molecule has 1 aromatic heterocycles. The van der Waals surface area contributed by atoms with Gasteiger partial charge in [0.05, 0.1) is 6.54 Å². The predicted octanol–water partition coefficient (Wildman–Crippen LogP) is -0.0722. The number of aromatic nitrogens is 1. The second-order valence-corrected chi connectivity index (χ2v) is 5.51. The summed E-state index contributed by atoms with van der Waals surface area (Å²) in [7, 11) is -2.18. The van der Waals surface area contributed by atoms with Crippen molar-refractivity contribution in [2.24, 2.45) is 0 Å². The maximum absolute atomic E-state index is 12.0. The zero-order valence-corrected chi connectivity index (χ0v) is 11.8. The number of rotatable bonds is 7. The molecule has 19 heavy (non-hydrogen) atoms. The molecule has 0 atom stereocenters. The van der Waals surface area contributed by atoms with Crippen LogP contribution < -0.4 is 15.4 Å². The Kier molecular flexibility index (Phi) is 5.71. The molecule has 0 bridgehead atoms. The molecule has 3 N–H and O–H groups in total. The lowest BCUT2D eigenvalue weighted by Gasteiger charge is -2.10. The molecule has 1 amide bonds. The van der Waals surface area contributed by atoms with E-state index < -0.39 is 10.0 Å². The van der Waals surface area contributed by atoms with Crippen molar-refractivity contribution in [3.8, 4) is 0 Å². The van der Waals surface area contributed by atoms with Crippen LogP contribution in [-0.2, 0) is 14.8 Å². The summed E-state index contributed by atoms with van der Waals surface area (Å²) in [6.07, 6.45) is 2.28. The van der Waals surface area contributed by atoms with Crippen LogP contribution in [0.1, 0.15) is 13.3 Å².